The third-order valence-electron chi connectivity index (χ3n) is 4.02. The number of fused-ring (bicyclic) bond motifs is 3. The summed E-state index contributed by atoms with van der Waals surface area (Å²) in [5, 5.41) is 12.9. The van der Waals surface area contributed by atoms with Gasteiger partial charge in [-0.3, -0.25) is 0 Å². The fourth-order valence-electron chi connectivity index (χ4n) is 2.76. The first-order valence-electron chi connectivity index (χ1n) is 7.65. The van der Waals surface area contributed by atoms with Gasteiger partial charge in [-0.05, 0) is 31.5 Å². The number of H-pyrrole nitrogens is 1. The van der Waals surface area contributed by atoms with Crippen LogP contribution in [-0.4, -0.2) is 20.2 Å². The normalized spacial score (nSPS) is 12.6. The van der Waals surface area contributed by atoms with Crippen LogP contribution in [0, 0.1) is 6.92 Å². The Kier molecular flexibility index (Phi) is 3.19. The van der Waals surface area contributed by atoms with Gasteiger partial charge in [0.05, 0.1) is 6.04 Å². The molecule has 0 amide bonds. The number of nitrogens with one attached hydrogen (secondary N) is 2. The molecule has 0 saturated carbocycles. The average molecular weight is 303 g/mol. The highest BCUT2D eigenvalue weighted by molar-refractivity contribution is 6.03. The fraction of sp³-hybridized carbons (Fsp3) is 0.167. The van der Waals surface area contributed by atoms with Gasteiger partial charge in [0, 0.05) is 10.9 Å². The largest absolute Gasteiger partial charge is 0.346 e. The minimum Gasteiger partial charge on any atom is -0.346 e. The molecule has 0 bridgehead atoms. The molecule has 2 N–H and O–H groups in total. The zero-order valence-corrected chi connectivity index (χ0v) is 13.0. The maximum absolute atomic E-state index is 4.57. The Morgan fingerprint density at radius 3 is 2.70 bits per heavy atom. The molecule has 2 heterocycles. The topological polar surface area (TPSA) is 66.5 Å². The Bertz CT molecular complexity index is 975. The molecule has 0 fully saturated rings. The highest BCUT2D eigenvalue weighted by Gasteiger charge is 2.11. The summed E-state index contributed by atoms with van der Waals surface area (Å²) in [5.74, 6) is 0.525. The summed E-state index contributed by atoms with van der Waals surface area (Å²) < 4.78 is 0. The van der Waals surface area contributed by atoms with Crippen molar-refractivity contribution in [3.8, 4) is 0 Å². The number of benzene rings is 2. The zero-order valence-electron chi connectivity index (χ0n) is 13.0. The Morgan fingerprint density at radius 2 is 1.87 bits per heavy atom. The van der Waals surface area contributed by atoms with Crippen LogP contribution in [0.1, 0.15) is 24.1 Å². The van der Waals surface area contributed by atoms with Gasteiger partial charge in [-0.25, -0.2) is 0 Å². The van der Waals surface area contributed by atoms with Crippen molar-refractivity contribution in [3.63, 3.8) is 0 Å². The highest BCUT2D eigenvalue weighted by atomic mass is 15.3. The van der Waals surface area contributed by atoms with Crippen LogP contribution in [0.15, 0.2) is 48.5 Å². The lowest BCUT2D eigenvalue weighted by atomic mass is 10.1. The van der Waals surface area contributed by atoms with Gasteiger partial charge in [-0.2, -0.15) is 4.98 Å². The number of rotatable bonds is 3. The Hall–Kier alpha value is -2.95. The van der Waals surface area contributed by atoms with Gasteiger partial charge in [0.1, 0.15) is 5.52 Å². The van der Waals surface area contributed by atoms with Gasteiger partial charge in [0.15, 0.2) is 5.65 Å². The molecule has 0 aliphatic rings. The van der Waals surface area contributed by atoms with E-state index < -0.39 is 0 Å². The van der Waals surface area contributed by atoms with Gasteiger partial charge in [0.2, 0.25) is 5.95 Å². The number of nitrogens with zero attached hydrogens (tertiary/aromatic N) is 3. The molecular formula is C18H17N5. The van der Waals surface area contributed by atoms with Crippen LogP contribution < -0.4 is 5.32 Å². The quantitative estimate of drug-likeness (QED) is 0.600. The van der Waals surface area contributed by atoms with Crippen molar-refractivity contribution >= 4 is 28.0 Å². The molecule has 4 aromatic rings. The van der Waals surface area contributed by atoms with Crippen LogP contribution in [0.5, 0.6) is 0 Å². The molecule has 23 heavy (non-hydrogen) atoms. The molecule has 2 aromatic heterocycles. The molecule has 1 atom stereocenters. The molecule has 0 saturated heterocycles. The van der Waals surface area contributed by atoms with Gasteiger partial charge < -0.3 is 10.3 Å². The number of aryl methyl sites for hydroxylation is 1. The fourth-order valence-corrected chi connectivity index (χ4v) is 2.76. The number of anilines is 1. The molecule has 0 spiro atoms. The second-order valence-corrected chi connectivity index (χ2v) is 5.78. The first-order chi connectivity index (χ1) is 11.2. The highest BCUT2D eigenvalue weighted by Crippen LogP contribution is 2.24. The van der Waals surface area contributed by atoms with Crippen LogP contribution in [-0.2, 0) is 0 Å². The van der Waals surface area contributed by atoms with E-state index in [0.29, 0.717) is 5.95 Å². The third kappa shape index (κ3) is 2.50. The van der Waals surface area contributed by atoms with Crippen molar-refractivity contribution in [1.82, 2.24) is 20.2 Å². The van der Waals surface area contributed by atoms with E-state index in [0.717, 1.165) is 22.1 Å². The van der Waals surface area contributed by atoms with E-state index in [1.54, 1.807) is 0 Å². The molecule has 114 valence electrons. The van der Waals surface area contributed by atoms with Crippen LogP contribution in [0.2, 0.25) is 0 Å². The molecule has 4 rings (SSSR count). The molecular weight excluding hydrogens is 286 g/mol. The van der Waals surface area contributed by atoms with Crippen LogP contribution in [0.25, 0.3) is 22.1 Å². The van der Waals surface area contributed by atoms with E-state index in [9.17, 15) is 0 Å². The summed E-state index contributed by atoms with van der Waals surface area (Å²) in [4.78, 5) is 7.87. The average Bonchev–Trinajstić information content (AvgIpc) is 2.92. The first-order valence-corrected chi connectivity index (χ1v) is 7.65. The van der Waals surface area contributed by atoms with E-state index in [1.165, 1.54) is 11.1 Å². The van der Waals surface area contributed by atoms with Gasteiger partial charge in [-0.15, -0.1) is 10.2 Å². The lowest BCUT2D eigenvalue weighted by Gasteiger charge is -2.13. The van der Waals surface area contributed by atoms with Crippen molar-refractivity contribution in [2.75, 3.05) is 5.32 Å². The molecule has 5 heteroatoms. The van der Waals surface area contributed by atoms with Crippen LogP contribution in [0.4, 0.5) is 5.95 Å². The summed E-state index contributed by atoms with van der Waals surface area (Å²) in [6, 6.07) is 16.5. The summed E-state index contributed by atoms with van der Waals surface area (Å²) >= 11 is 0. The second kappa shape index (κ2) is 5.35. The monoisotopic (exact) mass is 303 g/mol. The predicted molar refractivity (Wildman–Crippen MR) is 92.4 cm³/mol. The Balaban J connectivity index is 1.70. The second-order valence-electron chi connectivity index (χ2n) is 5.78. The Labute approximate surface area is 133 Å². The van der Waals surface area contributed by atoms with Crippen LogP contribution in [0.3, 0.4) is 0 Å². The number of hydrogen-bond donors (Lipinski definition) is 2. The maximum atomic E-state index is 4.57. The van der Waals surface area contributed by atoms with Crippen molar-refractivity contribution in [2.24, 2.45) is 0 Å². The van der Waals surface area contributed by atoms with Crippen molar-refractivity contribution < 1.29 is 0 Å². The van der Waals surface area contributed by atoms with E-state index in [2.05, 4.69) is 63.6 Å². The number of hydrogen-bond acceptors (Lipinski definition) is 4. The van der Waals surface area contributed by atoms with E-state index in [4.69, 9.17) is 0 Å². The third-order valence-corrected chi connectivity index (χ3v) is 4.02. The number of aromatic amines is 1. The summed E-state index contributed by atoms with van der Waals surface area (Å²) in [7, 11) is 0. The molecule has 0 aliphatic heterocycles. The minimum atomic E-state index is 0.113. The molecule has 5 nitrogen and oxygen atoms in total. The minimum absolute atomic E-state index is 0.113. The van der Waals surface area contributed by atoms with Crippen molar-refractivity contribution in [3.05, 3.63) is 59.7 Å². The predicted octanol–water partition coefficient (Wildman–Crippen LogP) is 3.99. The van der Waals surface area contributed by atoms with Crippen LogP contribution >= 0.6 is 0 Å². The van der Waals surface area contributed by atoms with Gasteiger partial charge >= 0.3 is 0 Å². The van der Waals surface area contributed by atoms with E-state index in [1.807, 2.05) is 24.3 Å². The summed E-state index contributed by atoms with van der Waals surface area (Å²) in [5.41, 5.74) is 4.97. The lowest BCUT2D eigenvalue weighted by Crippen LogP contribution is -2.10. The van der Waals surface area contributed by atoms with E-state index in [-0.39, 0.29) is 6.04 Å². The summed E-state index contributed by atoms with van der Waals surface area (Å²) in [6.45, 7) is 4.15. The first kappa shape index (κ1) is 13.7. The van der Waals surface area contributed by atoms with Gasteiger partial charge in [-0.1, -0.05) is 42.0 Å². The smallest absolute Gasteiger partial charge is 0.245 e. The molecule has 0 aliphatic carbocycles. The van der Waals surface area contributed by atoms with Crippen molar-refractivity contribution in [2.45, 2.75) is 19.9 Å². The zero-order chi connectivity index (χ0) is 15.8. The SMILES string of the molecule is Cc1ccc2[nH]c3nc(NC(C)c4ccccc4)nnc3c2c1. The van der Waals surface area contributed by atoms with Crippen molar-refractivity contribution in [1.29, 1.82) is 0 Å². The molecule has 2 aromatic carbocycles. The van der Waals surface area contributed by atoms with E-state index >= 15 is 0 Å². The number of aromatic nitrogens is 4. The molecule has 1 unspecified atom stereocenters. The Morgan fingerprint density at radius 1 is 1.04 bits per heavy atom. The molecule has 0 radical (unpaired) electrons. The maximum Gasteiger partial charge on any atom is 0.245 e. The lowest BCUT2D eigenvalue weighted by molar-refractivity contribution is 0.848. The van der Waals surface area contributed by atoms with Gasteiger partial charge in [0.25, 0.3) is 0 Å². The summed E-state index contributed by atoms with van der Waals surface area (Å²) in [6.07, 6.45) is 0. The standard InChI is InChI=1S/C18H17N5/c1-11-8-9-15-14(10-11)16-17(20-15)21-18(23-22-16)19-12(2)13-6-4-3-5-7-13/h3-10,12H,1-2H3,(H2,19,20,21,23).